The van der Waals surface area contributed by atoms with Gasteiger partial charge in [-0.15, -0.1) is 0 Å². The zero-order chi connectivity index (χ0) is 15.8. The molecule has 2 aliphatic rings. The van der Waals surface area contributed by atoms with Gasteiger partial charge in [-0.1, -0.05) is 18.2 Å². The molecule has 2 saturated heterocycles. The molecule has 0 aliphatic carbocycles. The van der Waals surface area contributed by atoms with Crippen LogP contribution in [0, 0.1) is 5.41 Å². The van der Waals surface area contributed by atoms with Crippen LogP contribution in [0.1, 0.15) is 24.0 Å². The second kappa shape index (κ2) is 5.66. The quantitative estimate of drug-likeness (QED) is 0.674. The number of hydrogen-bond donors (Lipinski definition) is 2. The highest BCUT2D eigenvalue weighted by atomic mass is 16.5. The van der Waals surface area contributed by atoms with Gasteiger partial charge in [0.25, 0.3) is 0 Å². The summed E-state index contributed by atoms with van der Waals surface area (Å²) in [6.45, 7) is 1.80. The lowest BCUT2D eigenvalue weighted by molar-refractivity contribution is 0.113. The topological polar surface area (TPSA) is 75.2 Å². The van der Waals surface area contributed by atoms with E-state index in [4.69, 9.17) is 15.9 Å². The van der Waals surface area contributed by atoms with Crippen molar-refractivity contribution in [2.75, 3.05) is 23.8 Å². The number of rotatable bonds is 3. The third-order valence-corrected chi connectivity index (χ3v) is 4.79. The minimum absolute atomic E-state index is 0.338. The number of aromatic nitrogens is 1. The highest BCUT2D eigenvalue weighted by Gasteiger charge is 2.39. The van der Waals surface area contributed by atoms with Gasteiger partial charge in [0.2, 0.25) is 0 Å². The molecule has 5 heteroatoms. The van der Waals surface area contributed by atoms with Crippen LogP contribution in [0.4, 0.5) is 11.5 Å². The van der Waals surface area contributed by atoms with Crippen LogP contribution in [0.25, 0.3) is 0 Å². The van der Waals surface area contributed by atoms with E-state index >= 15 is 0 Å². The van der Waals surface area contributed by atoms with Crippen LogP contribution in [0.2, 0.25) is 0 Å². The molecule has 2 aromatic rings. The number of para-hydroxylation sites is 1. The summed E-state index contributed by atoms with van der Waals surface area (Å²) in [5.74, 6) is 0.930. The van der Waals surface area contributed by atoms with Gasteiger partial charge >= 0.3 is 0 Å². The predicted molar refractivity (Wildman–Crippen MR) is 91.1 cm³/mol. The molecule has 118 valence electrons. The van der Waals surface area contributed by atoms with E-state index in [0.717, 1.165) is 42.9 Å². The van der Waals surface area contributed by atoms with Crippen LogP contribution < -0.4 is 10.6 Å². The average Bonchev–Trinajstić information content (AvgIpc) is 3.18. The van der Waals surface area contributed by atoms with Crippen LogP contribution in [0.5, 0.6) is 0 Å². The van der Waals surface area contributed by atoms with Gasteiger partial charge in [-0.2, -0.15) is 0 Å². The molecule has 0 radical (unpaired) electrons. The van der Waals surface area contributed by atoms with Gasteiger partial charge < -0.3 is 15.4 Å². The van der Waals surface area contributed by atoms with E-state index in [0.29, 0.717) is 23.5 Å². The number of hydrogen-bond acceptors (Lipinski definition) is 5. The predicted octanol–water partition coefficient (Wildman–Crippen LogP) is 2.45. The first-order valence-corrected chi connectivity index (χ1v) is 8.02. The largest absolute Gasteiger partial charge is 0.398 e. The second-order valence-corrected chi connectivity index (χ2v) is 6.11. The number of ether oxygens (including phenoxy) is 1. The molecule has 0 saturated carbocycles. The fraction of sp³-hybridized carbons (Fsp3) is 0.333. The molecule has 1 aromatic carbocycles. The van der Waals surface area contributed by atoms with E-state index < -0.39 is 0 Å². The Morgan fingerprint density at radius 1 is 1.26 bits per heavy atom. The van der Waals surface area contributed by atoms with E-state index in [1.54, 1.807) is 6.20 Å². The minimum Gasteiger partial charge on any atom is -0.398 e. The Balaban J connectivity index is 1.64. The number of fused-ring (bicyclic) bond motifs is 1. The van der Waals surface area contributed by atoms with Gasteiger partial charge in [-0.05, 0) is 31.0 Å². The van der Waals surface area contributed by atoms with Gasteiger partial charge in [0.1, 0.15) is 5.82 Å². The van der Waals surface area contributed by atoms with E-state index in [9.17, 15) is 0 Å². The van der Waals surface area contributed by atoms with Gasteiger partial charge in [0.15, 0.2) is 0 Å². The standard InChI is InChI=1S/C18H20N4O/c19-14-4-2-1-3-13(14)18(20)12-5-8-21-17(11-12)22-9-6-16-15(22)7-10-23-16/h1-5,8,11,15-16,20H,6-7,9-10,19H2. The molecule has 2 atom stereocenters. The molecule has 2 unspecified atom stereocenters. The zero-order valence-electron chi connectivity index (χ0n) is 12.9. The van der Waals surface area contributed by atoms with Crippen molar-refractivity contribution in [1.82, 2.24) is 4.98 Å². The number of nitrogens with two attached hydrogens (primary N) is 1. The number of pyridine rings is 1. The summed E-state index contributed by atoms with van der Waals surface area (Å²) in [5.41, 5.74) is 8.67. The molecule has 2 fully saturated rings. The summed E-state index contributed by atoms with van der Waals surface area (Å²) in [6.07, 6.45) is 4.23. The zero-order valence-corrected chi connectivity index (χ0v) is 12.9. The number of nitrogen functional groups attached to an aromatic ring is 1. The van der Waals surface area contributed by atoms with Gasteiger partial charge in [-0.3, -0.25) is 5.41 Å². The molecule has 3 heterocycles. The SMILES string of the molecule is N=C(c1ccnc(N2CCC3OCCC32)c1)c1ccccc1N. The molecule has 1 aromatic heterocycles. The van der Waals surface area contributed by atoms with E-state index in [2.05, 4.69) is 9.88 Å². The third kappa shape index (κ3) is 2.47. The molecule has 5 nitrogen and oxygen atoms in total. The molecular formula is C18H20N4O. The number of nitrogens with one attached hydrogen (secondary N) is 1. The maximum absolute atomic E-state index is 8.48. The van der Waals surface area contributed by atoms with Crippen molar-refractivity contribution >= 4 is 17.2 Å². The van der Waals surface area contributed by atoms with E-state index in [1.807, 2.05) is 36.4 Å². The Bertz CT molecular complexity index is 745. The fourth-order valence-corrected chi connectivity index (χ4v) is 3.60. The summed E-state index contributed by atoms with van der Waals surface area (Å²) in [5, 5.41) is 8.48. The highest BCUT2D eigenvalue weighted by Crippen LogP contribution is 2.32. The maximum Gasteiger partial charge on any atom is 0.129 e. The first-order valence-electron chi connectivity index (χ1n) is 8.02. The van der Waals surface area contributed by atoms with Crippen molar-refractivity contribution in [3.63, 3.8) is 0 Å². The smallest absolute Gasteiger partial charge is 0.129 e. The van der Waals surface area contributed by atoms with Crippen LogP contribution in [-0.4, -0.2) is 36.0 Å². The van der Waals surface area contributed by atoms with E-state index in [-0.39, 0.29) is 0 Å². The molecule has 0 bridgehead atoms. The molecule has 0 amide bonds. The fourth-order valence-electron chi connectivity index (χ4n) is 3.60. The molecular weight excluding hydrogens is 288 g/mol. The maximum atomic E-state index is 8.48. The molecule has 4 rings (SSSR count). The first kappa shape index (κ1) is 14.2. The molecule has 2 aliphatic heterocycles. The second-order valence-electron chi connectivity index (χ2n) is 6.11. The number of benzene rings is 1. The number of nitrogens with zero attached hydrogens (tertiary/aromatic N) is 2. The molecule has 0 spiro atoms. The first-order chi connectivity index (χ1) is 11.2. The van der Waals surface area contributed by atoms with Crippen molar-refractivity contribution in [2.24, 2.45) is 0 Å². The Hall–Kier alpha value is -2.40. The summed E-state index contributed by atoms with van der Waals surface area (Å²) in [7, 11) is 0. The lowest BCUT2D eigenvalue weighted by Crippen LogP contribution is -2.32. The Labute approximate surface area is 135 Å². The van der Waals surface area contributed by atoms with Crippen LogP contribution in [-0.2, 0) is 4.74 Å². The van der Waals surface area contributed by atoms with Gasteiger partial charge in [0, 0.05) is 36.2 Å². The summed E-state index contributed by atoms with van der Waals surface area (Å²) in [6, 6.07) is 11.8. The Morgan fingerprint density at radius 2 is 2.13 bits per heavy atom. The van der Waals surface area contributed by atoms with Gasteiger partial charge in [-0.25, -0.2) is 4.98 Å². The monoisotopic (exact) mass is 308 g/mol. The van der Waals surface area contributed by atoms with E-state index in [1.165, 1.54) is 0 Å². The molecule has 3 N–H and O–H groups in total. The van der Waals surface area contributed by atoms with Crippen LogP contribution in [0.15, 0.2) is 42.6 Å². The van der Waals surface area contributed by atoms with Crippen molar-refractivity contribution in [2.45, 2.75) is 25.0 Å². The Morgan fingerprint density at radius 3 is 3.00 bits per heavy atom. The summed E-state index contributed by atoms with van der Waals surface area (Å²) >= 11 is 0. The lowest BCUT2D eigenvalue weighted by Gasteiger charge is -2.24. The van der Waals surface area contributed by atoms with Crippen molar-refractivity contribution in [3.8, 4) is 0 Å². The average molecular weight is 308 g/mol. The Kier molecular flexibility index (Phi) is 3.50. The van der Waals surface area contributed by atoms with Crippen LogP contribution >= 0.6 is 0 Å². The normalized spacial score (nSPS) is 23.0. The van der Waals surface area contributed by atoms with Crippen LogP contribution in [0.3, 0.4) is 0 Å². The third-order valence-electron chi connectivity index (χ3n) is 4.79. The molecule has 23 heavy (non-hydrogen) atoms. The van der Waals surface area contributed by atoms with Crippen molar-refractivity contribution in [3.05, 3.63) is 53.7 Å². The number of anilines is 2. The lowest BCUT2D eigenvalue weighted by atomic mass is 10.0. The summed E-state index contributed by atoms with van der Waals surface area (Å²) < 4.78 is 5.76. The summed E-state index contributed by atoms with van der Waals surface area (Å²) in [4.78, 5) is 6.84. The van der Waals surface area contributed by atoms with Crippen molar-refractivity contribution in [1.29, 1.82) is 5.41 Å². The van der Waals surface area contributed by atoms with Gasteiger partial charge in [0.05, 0.1) is 17.9 Å². The minimum atomic E-state index is 0.338. The highest BCUT2D eigenvalue weighted by molar-refractivity contribution is 6.14. The van der Waals surface area contributed by atoms with Crippen molar-refractivity contribution < 1.29 is 4.74 Å².